The van der Waals surface area contributed by atoms with Gasteiger partial charge in [0.1, 0.15) is 5.82 Å². The normalized spacial score (nSPS) is 17.9. The van der Waals surface area contributed by atoms with Gasteiger partial charge < -0.3 is 5.32 Å². The number of nitrogens with zero attached hydrogens (tertiary/aromatic N) is 1. The summed E-state index contributed by atoms with van der Waals surface area (Å²) in [7, 11) is 0. The van der Waals surface area contributed by atoms with Crippen molar-refractivity contribution in [3.63, 3.8) is 0 Å². The summed E-state index contributed by atoms with van der Waals surface area (Å²) in [6.07, 6.45) is 0. The van der Waals surface area contributed by atoms with Crippen LogP contribution in [0, 0.1) is 5.82 Å². The molecule has 0 bridgehead atoms. The Kier molecular flexibility index (Phi) is 4.00. The van der Waals surface area contributed by atoms with Crippen molar-refractivity contribution >= 4 is 11.8 Å². The van der Waals surface area contributed by atoms with E-state index in [2.05, 4.69) is 10.2 Å². The molecule has 1 fully saturated rings. The van der Waals surface area contributed by atoms with Gasteiger partial charge in [0, 0.05) is 37.0 Å². The molecule has 2 rings (SSSR count). The van der Waals surface area contributed by atoms with Gasteiger partial charge in [-0.05, 0) is 24.3 Å². The smallest absolute Gasteiger partial charge is 0.123 e. The van der Waals surface area contributed by atoms with E-state index in [-0.39, 0.29) is 5.82 Å². The van der Waals surface area contributed by atoms with Crippen LogP contribution in [-0.2, 0) is 0 Å². The fraction of sp³-hybridized carbons (Fsp3) is 0.455. The first-order valence-electron chi connectivity index (χ1n) is 5.16. The minimum absolute atomic E-state index is 0.165. The second-order valence-corrected chi connectivity index (χ2v) is 4.61. The van der Waals surface area contributed by atoms with Gasteiger partial charge >= 0.3 is 0 Å². The number of thioether (sulfide) groups is 1. The van der Waals surface area contributed by atoms with Crippen molar-refractivity contribution in [2.24, 2.45) is 0 Å². The molecule has 1 heterocycles. The highest BCUT2D eigenvalue weighted by Gasteiger charge is 2.08. The maximum atomic E-state index is 12.7. The second kappa shape index (κ2) is 5.49. The third-order valence-corrected chi connectivity index (χ3v) is 3.54. The number of hydrogen-bond donors (Lipinski definition) is 1. The Balaban J connectivity index is 1.79. The van der Waals surface area contributed by atoms with Gasteiger partial charge in [-0.2, -0.15) is 0 Å². The summed E-state index contributed by atoms with van der Waals surface area (Å²) in [6.45, 7) is 4.36. The second-order valence-electron chi connectivity index (χ2n) is 3.60. The number of hydrogen-bond acceptors (Lipinski definition) is 3. The monoisotopic (exact) mass is 226 g/mol. The van der Waals surface area contributed by atoms with Gasteiger partial charge in [-0.25, -0.2) is 4.39 Å². The van der Waals surface area contributed by atoms with Crippen LogP contribution in [0.1, 0.15) is 0 Å². The van der Waals surface area contributed by atoms with Crippen LogP contribution in [0.4, 0.5) is 4.39 Å². The lowest BCUT2D eigenvalue weighted by Gasteiger charge is -2.26. The Labute approximate surface area is 93.8 Å². The fourth-order valence-corrected chi connectivity index (χ4v) is 2.46. The zero-order valence-electron chi connectivity index (χ0n) is 8.58. The van der Waals surface area contributed by atoms with Crippen LogP contribution in [-0.4, -0.2) is 37.0 Å². The van der Waals surface area contributed by atoms with E-state index < -0.39 is 0 Å². The molecule has 1 aliphatic heterocycles. The molecule has 0 aromatic heterocycles. The van der Waals surface area contributed by atoms with Crippen LogP contribution in [0.5, 0.6) is 0 Å². The van der Waals surface area contributed by atoms with Gasteiger partial charge in [0.05, 0.1) is 0 Å². The van der Waals surface area contributed by atoms with Crippen LogP contribution in [0.15, 0.2) is 29.2 Å². The third-order valence-electron chi connectivity index (χ3n) is 2.44. The van der Waals surface area contributed by atoms with E-state index in [1.807, 2.05) is 12.1 Å². The predicted octanol–water partition coefficient (Wildman–Crippen LogP) is 1.78. The summed E-state index contributed by atoms with van der Waals surface area (Å²) in [5, 5.41) is 3.32. The van der Waals surface area contributed by atoms with Crippen molar-refractivity contribution < 1.29 is 4.39 Å². The molecule has 1 aromatic rings. The topological polar surface area (TPSA) is 15.3 Å². The number of halogens is 1. The van der Waals surface area contributed by atoms with E-state index >= 15 is 0 Å². The van der Waals surface area contributed by atoms with Gasteiger partial charge in [-0.1, -0.05) is 0 Å². The van der Waals surface area contributed by atoms with Crippen LogP contribution in [0.3, 0.4) is 0 Å². The average Bonchev–Trinajstić information content (AvgIpc) is 2.30. The van der Waals surface area contributed by atoms with E-state index in [0.29, 0.717) is 0 Å². The molecule has 15 heavy (non-hydrogen) atoms. The largest absolute Gasteiger partial charge is 0.314 e. The summed E-state index contributed by atoms with van der Waals surface area (Å²) >= 11 is 1.77. The molecular formula is C11H15FN2S. The van der Waals surface area contributed by atoms with Gasteiger partial charge in [-0.15, -0.1) is 11.8 Å². The van der Waals surface area contributed by atoms with Gasteiger partial charge in [0.25, 0.3) is 0 Å². The lowest BCUT2D eigenvalue weighted by Crippen LogP contribution is -2.43. The molecule has 0 unspecified atom stereocenters. The molecule has 1 N–H and O–H groups in total. The minimum Gasteiger partial charge on any atom is -0.314 e. The van der Waals surface area contributed by atoms with Crippen LogP contribution >= 0.6 is 11.8 Å². The first kappa shape index (κ1) is 10.9. The highest BCUT2D eigenvalue weighted by Crippen LogP contribution is 2.19. The van der Waals surface area contributed by atoms with Crippen LogP contribution in [0.25, 0.3) is 0 Å². The molecule has 0 aliphatic carbocycles. The summed E-state index contributed by atoms with van der Waals surface area (Å²) < 4.78 is 12.7. The highest BCUT2D eigenvalue weighted by molar-refractivity contribution is 7.99. The molecule has 1 aliphatic rings. The number of rotatable bonds is 3. The summed E-state index contributed by atoms with van der Waals surface area (Å²) in [5.41, 5.74) is 0. The average molecular weight is 226 g/mol. The van der Waals surface area contributed by atoms with Crippen LogP contribution < -0.4 is 5.32 Å². The van der Waals surface area contributed by atoms with Crippen molar-refractivity contribution in [1.82, 2.24) is 10.2 Å². The summed E-state index contributed by atoms with van der Waals surface area (Å²) in [4.78, 5) is 3.54. The Hall–Kier alpha value is -0.580. The highest BCUT2D eigenvalue weighted by atomic mass is 32.2. The quantitative estimate of drug-likeness (QED) is 0.791. The molecule has 0 amide bonds. The van der Waals surface area contributed by atoms with E-state index in [1.54, 1.807) is 11.8 Å². The van der Waals surface area contributed by atoms with Crippen molar-refractivity contribution in [3.05, 3.63) is 30.1 Å². The zero-order valence-corrected chi connectivity index (χ0v) is 9.39. The number of piperazine rings is 1. The van der Waals surface area contributed by atoms with Crippen molar-refractivity contribution in [2.75, 3.05) is 32.1 Å². The lowest BCUT2D eigenvalue weighted by molar-refractivity contribution is 0.280. The molecule has 82 valence electrons. The summed E-state index contributed by atoms with van der Waals surface area (Å²) in [5.74, 6) is 0.828. The first-order valence-corrected chi connectivity index (χ1v) is 6.14. The van der Waals surface area contributed by atoms with Gasteiger partial charge in [0.15, 0.2) is 0 Å². The Morgan fingerprint density at radius 1 is 1.20 bits per heavy atom. The van der Waals surface area contributed by atoms with E-state index in [9.17, 15) is 4.39 Å². The Morgan fingerprint density at radius 2 is 1.87 bits per heavy atom. The molecule has 0 saturated carbocycles. The fourth-order valence-electron chi connectivity index (χ4n) is 1.54. The molecular weight excluding hydrogens is 211 g/mol. The maximum absolute atomic E-state index is 12.7. The summed E-state index contributed by atoms with van der Waals surface area (Å²) in [6, 6.07) is 6.70. The van der Waals surface area contributed by atoms with Crippen LogP contribution in [0.2, 0.25) is 0 Å². The minimum atomic E-state index is -0.165. The SMILES string of the molecule is Fc1ccc(SCN2CCNCC2)cc1. The first-order chi connectivity index (χ1) is 7.34. The molecule has 2 nitrogen and oxygen atoms in total. The number of benzene rings is 1. The molecule has 1 aromatic carbocycles. The molecule has 1 saturated heterocycles. The van der Waals surface area contributed by atoms with Crippen molar-refractivity contribution in [1.29, 1.82) is 0 Å². The van der Waals surface area contributed by atoms with Gasteiger partial charge in [-0.3, -0.25) is 4.90 Å². The lowest BCUT2D eigenvalue weighted by atomic mass is 10.4. The van der Waals surface area contributed by atoms with Gasteiger partial charge in [0.2, 0.25) is 0 Å². The Bertz CT molecular complexity index is 296. The van der Waals surface area contributed by atoms with E-state index in [1.165, 1.54) is 12.1 Å². The van der Waals surface area contributed by atoms with E-state index in [4.69, 9.17) is 0 Å². The van der Waals surface area contributed by atoms with E-state index in [0.717, 1.165) is 37.0 Å². The number of nitrogens with one attached hydrogen (secondary N) is 1. The maximum Gasteiger partial charge on any atom is 0.123 e. The zero-order chi connectivity index (χ0) is 10.5. The molecule has 4 heteroatoms. The Morgan fingerprint density at radius 3 is 2.53 bits per heavy atom. The third kappa shape index (κ3) is 3.48. The van der Waals surface area contributed by atoms with Crippen molar-refractivity contribution in [3.8, 4) is 0 Å². The molecule has 0 spiro atoms. The van der Waals surface area contributed by atoms with Crippen molar-refractivity contribution in [2.45, 2.75) is 4.90 Å². The molecule has 0 radical (unpaired) electrons. The standard InChI is InChI=1S/C11H15FN2S/c12-10-1-3-11(4-2-10)15-9-14-7-5-13-6-8-14/h1-4,13H,5-9H2. The predicted molar refractivity (Wildman–Crippen MR) is 61.6 cm³/mol. The molecule has 0 atom stereocenters.